The van der Waals surface area contributed by atoms with Crippen molar-refractivity contribution in [2.24, 2.45) is 11.7 Å². The van der Waals surface area contributed by atoms with Gasteiger partial charge in [0.25, 0.3) is 0 Å². The molecule has 3 heteroatoms. The van der Waals surface area contributed by atoms with Crippen molar-refractivity contribution in [2.45, 2.75) is 27.2 Å². The highest BCUT2D eigenvalue weighted by atomic mass is 16.2. The first-order valence-electron chi connectivity index (χ1n) is 5.19. The van der Waals surface area contributed by atoms with Crippen LogP contribution in [-0.4, -0.2) is 30.4 Å². The van der Waals surface area contributed by atoms with E-state index in [0.717, 1.165) is 18.5 Å². The molecular formula is C11H22N2O. The lowest BCUT2D eigenvalue weighted by atomic mass is 10.1. The zero-order chi connectivity index (χ0) is 11.1. The van der Waals surface area contributed by atoms with Crippen LogP contribution in [0.3, 0.4) is 0 Å². The van der Waals surface area contributed by atoms with Crippen molar-refractivity contribution in [3.05, 3.63) is 12.2 Å². The van der Waals surface area contributed by atoms with Crippen LogP contribution in [0.4, 0.5) is 0 Å². The molecule has 3 nitrogen and oxygen atoms in total. The smallest absolute Gasteiger partial charge is 0.227 e. The number of nitrogens with zero attached hydrogens (tertiary/aromatic N) is 1. The van der Waals surface area contributed by atoms with E-state index in [0.29, 0.717) is 13.1 Å². The van der Waals surface area contributed by atoms with Crippen molar-refractivity contribution in [3.8, 4) is 0 Å². The molecule has 14 heavy (non-hydrogen) atoms. The molecule has 82 valence electrons. The molecule has 0 aromatic carbocycles. The Hall–Kier alpha value is -0.830. The van der Waals surface area contributed by atoms with Crippen molar-refractivity contribution >= 4 is 5.91 Å². The maximum absolute atomic E-state index is 11.9. The van der Waals surface area contributed by atoms with Crippen molar-refractivity contribution in [2.75, 3.05) is 19.6 Å². The average Bonchev–Trinajstić information content (AvgIpc) is 2.15. The fourth-order valence-electron chi connectivity index (χ4n) is 1.37. The van der Waals surface area contributed by atoms with Crippen molar-refractivity contribution < 1.29 is 4.79 Å². The van der Waals surface area contributed by atoms with Crippen LogP contribution in [0.5, 0.6) is 0 Å². The number of amides is 1. The molecule has 0 aliphatic heterocycles. The van der Waals surface area contributed by atoms with Gasteiger partial charge in [0.1, 0.15) is 0 Å². The van der Waals surface area contributed by atoms with Gasteiger partial charge in [0.2, 0.25) is 5.91 Å². The van der Waals surface area contributed by atoms with Gasteiger partial charge in [0, 0.05) is 19.6 Å². The van der Waals surface area contributed by atoms with Gasteiger partial charge in [-0.25, -0.2) is 0 Å². The fraction of sp³-hybridized carbons (Fsp3) is 0.727. The molecule has 1 unspecified atom stereocenters. The zero-order valence-corrected chi connectivity index (χ0v) is 9.55. The monoisotopic (exact) mass is 198 g/mol. The second-order valence-corrected chi connectivity index (χ2v) is 3.65. The number of carbonyl (C=O) groups is 1. The second kappa shape index (κ2) is 6.60. The number of carbonyl (C=O) groups excluding carboxylic acids is 1. The van der Waals surface area contributed by atoms with Gasteiger partial charge in [-0.15, -0.1) is 0 Å². The first kappa shape index (κ1) is 13.2. The van der Waals surface area contributed by atoms with E-state index in [1.165, 1.54) is 0 Å². The van der Waals surface area contributed by atoms with E-state index in [-0.39, 0.29) is 11.8 Å². The van der Waals surface area contributed by atoms with E-state index in [4.69, 9.17) is 5.73 Å². The Kier molecular flexibility index (Phi) is 6.21. The summed E-state index contributed by atoms with van der Waals surface area (Å²) in [4.78, 5) is 13.7. The topological polar surface area (TPSA) is 46.3 Å². The largest absolute Gasteiger partial charge is 0.339 e. The maximum atomic E-state index is 11.9. The highest BCUT2D eigenvalue weighted by Crippen LogP contribution is 2.07. The minimum atomic E-state index is -0.0331. The van der Waals surface area contributed by atoms with Crippen LogP contribution < -0.4 is 5.73 Å². The van der Waals surface area contributed by atoms with E-state index in [1.807, 2.05) is 25.7 Å². The number of rotatable bonds is 6. The Labute approximate surface area is 87.0 Å². The third-order valence-corrected chi connectivity index (χ3v) is 2.28. The summed E-state index contributed by atoms with van der Waals surface area (Å²) in [6, 6.07) is 0. The van der Waals surface area contributed by atoms with Crippen LogP contribution in [0.25, 0.3) is 0 Å². The summed E-state index contributed by atoms with van der Waals surface area (Å²) in [5.41, 5.74) is 6.54. The molecular weight excluding hydrogens is 176 g/mol. The van der Waals surface area contributed by atoms with E-state index in [9.17, 15) is 4.79 Å². The quantitative estimate of drug-likeness (QED) is 0.656. The molecule has 1 amide bonds. The van der Waals surface area contributed by atoms with Crippen LogP contribution in [0, 0.1) is 5.92 Å². The molecule has 0 aromatic heterocycles. The van der Waals surface area contributed by atoms with E-state index in [1.54, 1.807) is 0 Å². The molecule has 2 N–H and O–H groups in total. The second-order valence-electron chi connectivity index (χ2n) is 3.65. The summed E-state index contributed by atoms with van der Waals surface area (Å²) in [6.07, 6.45) is 0.808. The van der Waals surface area contributed by atoms with Gasteiger partial charge in [-0.2, -0.15) is 0 Å². The van der Waals surface area contributed by atoms with Gasteiger partial charge in [0.15, 0.2) is 0 Å². The SMILES string of the molecule is C=C(C)CN(CC)C(=O)C(CC)CN. The van der Waals surface area contributed by atoms with E-state index >= 15 is 0 Å². The number of hydrogen-bond acceptors (Lipinski definition) is 2. The molecule has 0 aliphatic rings. The molecule has 0 aliphatic carbocycles. The third-order valence-electron chi connectivity index (χ3n) is 2.28. The minimum Gasteiger partial charge on any atom is -0.339 e. The molecule has 0 fully saturated rings. The summed E-state index contributed by atoms with van der Waals surface area (Å²) < 4.78 is 0. The molecule has 0 radical (unpaired) electrons. The summed E-state index contributed by atoms with van der Waals surface area (Å²) in [5.74, 6) is 0.120. The standard InChI is InChI=1S/C11H22N2O/c1-5-10(7-12)11(14)13(6-2)8-9(3)4/h10H,3,5-8,12H2,1-2,4H3. The lowest BCUT2D eigenvalue weighted by Crippen LogP contribution is -2.39. The summed E-state index contributed by atoms with van der Waals surface area (Å²) in [6.45, 7) is 11.5. The van der Waals surface area contributed by atoms with Crippen LogP contribution in [0.2, 0.25) is 0 Å². The predicted molar refractivity (Wildman–Crippen MR) is 59.9 cm³/mol. The first-order chi connectivity index (χ1) is 6.56. The van der Waals surface area contributed by atoms with E-state index < -0.39 is 0 Å². The number of likely N-dealkylation sites (N-methyl/N-ethyl adjacent to an activating group) is 1. The highest BCUT2D eigenvalue weighted by molar-refractivity contribution is 5.79. The summed E-state index contributed by atoms with van der Waals surface area (Å²) in [5, 5.41) is 0. The van der Waals surface area contributed by atoms with Crippen molar-refractivity contribution in [1.82, 2.24) is 4.90 Å². The lowest BCUT2D eigenvalue weighted by Gasteiger charge is -2.25. The Morgan fingerprint density at radius 3 is 2.36 bits per heavy atom. The van der Waals surface area contributed by atoms with Crippen LogP contribution in [0.15, 0.2) is 12.2 Å². The average molecular weight is 198 g/mol. The van der Waals surface area contributed by atoms with Gasteiger partial charge in [0.05, 0.1) is 5.92 Å². The Balaban J connectivity index is 4.35. The normalized spacial score (nSPS) is 12.3. The Morgan fingerprint density at radius 2 is 2.07 bits per heavy atom. The minimum absolute atomic E-state index is 0.0331. The fourth-order valence-corrected chi connectivity index (χ4v) is 1.37. The first-order valence-corrected chi connectivity index (χ1v) is 5.19. The number of nitrogens with two attached hydrogens (primary N) is 1. The molecule has 0 rings (SSSR count). The van der Waals surface area contributed by atoms with E-state index in [2.05, 4.69) is 6.58 Å². The van der Waals surface area contributed by atoms with Crippen molar-refractivity contribution in [3.63, 3.8) is 0 Å². The summed E-state index contributed by atoms with van der Waals surface area (Å²) in [7, 11) is 0. The van der Waals surface area contributed by atoms with Crippen LogP contribution in [0.1, 0.15) is 27.2 Å². The molecule has 0 aromatic rings. The molecule has 0 saturated carbocycles. The molecule has 0 spiro atoms. The van der Waals surface area contributed by atoms with Gasteiger partial charge < -0.3 is 10.6 Å². The Morgan fingerprint density at radius 1 is 1.50 bits per heavy atom. The molecule has 0 bridgehead atoms. The van der Waals surface area contributed by atoms with Gasteiger partial charge in [-0.3, -0.25) is 4.79 Å². The molecule has 0 saturated heterocycles. The third kappa shape index (κ3) is 3.92. The highest BCUT2D eigenvalue weighted by Gasteiger charge is 2.20. The van der Waals surface area contributed by atoms with Gasteiger partial charge in [-0.05, 0) is 20.3 Å². The van der Waals surface area contributed by atoms with Crippen LogP contribution >= 0.6 is 0 Å². The predicted octanol–water partition coefficient (Wildman–Crippen LogP) is 1.40. The zero-order valence-electron chi connectivity index (χ0n) is 9.55. The molecule has 0 heterocycles. The lowest BCUT2D eigenvalue weighted by molar-refractivity contribution is -0.134. The molecule has 1 atom stereocenters. The van der Waals surface area contributed by atoms with Gasteiger partial charge in [-0.1, -0.05) is 19.1 Å². The Bertz CT molecular complexity index is 197. The van der Waals surface area contributed by atoms with Gasteiger partial charge >= 0.3 is 0 Å². The maximum Gasteiger partial charge on any atom is 0.227 e. The number of hydrogen-bond donors (Lipinski definition) is 1. The summed E-state index contributed by atoms with van der Waals surface area (Å²) >= 11 is 0. The van der Waals surface area contributed by atoms with Crippen LogP contribution in [-0.2, 0) is 4.79 Å². The van der Waals surface area contributed by atoms with Crippen molar-refractivity contribution in [1.29, 1.82) is 0 Å².